The van der Waals surface area contributed by atoms with Gasteiger partial charge in [-0.05, 0) is 32.2 Å². The Morgan fingerprint density at radius 3 is 2.56 bits per heavy atom. The fraction of sp³-hybridized carbons (Fsp3) is 1.00. The molecule has 3 heteroatoms. The minimum Gasteiger partial charge on any atom is -0.392 e. The molecule has 0 aromatic heterocycles. The van der Waals surface area contributed by atoms with Crippen LogP contribution in [0.1, 0.15) is 45.4 Å². The van der Waals surface area contributed by atoms with Gasteiger partial charge in [0.25, 0.3) is 0 Å². The highest BCUT2D eigenvalue weighted by molar-refractivity contribution is 4.82. The van der Waals surface area contributed by atoms with Gasteiger partial charge in [0.2, 0.25) is 0 Å². The third-order valence-corrected chi connectivity index (χ3v) is 4.97. The van der Waals surface area contributed by atoms with Gasteiger partial charge in [-0.2, -0.15) is 0 Å². The van der Waals surface area contributed by atoms with Crippen LogP contribution in [0.25, 0.3) is 0 Å². The van der Waals surface area contributed by atoms with Crippen molar-refractivity contribution in [1.29, 1.82) is 0 Å². The van der Waals surface area contributed by atoms with Crippen molar-refractivity contribution in [3.63, 3.8) is 0 Å². The first-order chi connectivity index (χ1) is 8.70. The Labute approximate surface area is 112 Å². The number of hydrogen-bond acceptors (Lipinski definition) is 3. The lowest BCUT2D eigenvalue weighted by molar-refractivity contribution is 0.0174. The lowest BCUT2D eigenvalue weighted by Gasteiger charge is -2.41. The first-order valence-electron chi connectivity index (χ1n) is 7.81. The Bertz CT molecular complexity index is 241. The summed E-state index contributed by atoms with van der Waals surface area (Å²) in [5, 5.41) is 10.4. The second-order valence-corrected chi connectivity index (χ2v) is 6.27. The smallest absolute Gasteiger partial charge is 0.0695 e. The van der Waals surface area contributed by atoms with Crippen molar-refractivity contribution in [2.45, 2.75) is 57.6 Å². The maximum Gasteiger partial charge on any atom is 0.0695 e. The Morgan fingerprint density at radius 2 is 1.89 bits per heavy atom. The summed E-state index contributed by atoms with van der Waals surface area (Å²) >= 11 is 0. The zero-order valence-electron chi connectivity index (χ0n) is 12.1. The number of nitrogens with zero attached hydrogens (tertiary/aromatic N) is 2. The highest BCUT2D eigenvalue weighted by Gasteiger charge is 2.27. The van der Waals surface area contributed by atoms with Crippen LogP contribution in [0.4, 0.5) is 0 Å². The highest BCUT2D eigenvalue weighted by atomic mass is 16.3. The molecule has 2 unspecified atom stereocenters. The van der Waals surface area contributed by atoms with Gasteiger partial charge in [0.05, 0.1) is 6.10 Å². The second-order valence-electron chi connectivity index (χ2n) is 6.27. The molecule has 2 atom stereocenters. The second kappa shape index (κ2) is 6.88. The predicted molar refractivity (Wildman–Crippen MR) is 75.7 cm³/mol. The fourth-order valence-electron chi connectivity index (χ4n) is 3.55. The summed E-state index contributed by atoms with van der Waals surface area (Å²) in [6, 6.07) is 0.678. The number of β-amino-alcohol motifs (C(OH)–C–C–N with tert-alkyl or cyclic N) is 1. The maximum absolute atomic E-state index is 10.4. The van der Waals surface area contributed by atoms with Crippen molar-refractivity contribution in [2.24, 2.45) is 5.92 Å². The average molecular weight is 254 g/mol. The minimum atomic E-state index is -0.0915. The van der Waals surface area contributed by atoms with E-state index >= 15 is 0 Å². The molecule has 2 fully saturated rings. The van der Waals surface area contributed by atoms with Gasteiger partial charge >= 0.3 is 0 Å². The molecule has 1 N–H and O–H groups in total. The molecule has 1 saturated carbocycles. The molecule has 2 rings (SSSR count). The van der Waals surface area contributed by atoms with Crippen LogP contribution in [0, 0.1) is 5.92 Å². The van der Waals surface area contributed by atoms with E-state index in [2.05, 4.69) is 23.8 Å². The summed E-state index contributed by atoms with van der Waals surface area (Å²) < 4.78 is 0. The van der Waals surface area contributed by atoms with E-state index in [1.165, 1.54) is 38.5 Å². The SMILES string of the molecule is CCC1CN(CC(O)C2CCCCC2)CCN1C. The van der Waals surface area contributed by atoms with Gasteiger partial charge in [0, 0.05) is 32.2 Å². The summed E-state index contributed by atoms with van der Waals surface area (Å²) in [4.78, 5) is 4.94. The topological polar surface area (TPSA) is 26.7 Å². The van der Waals surface area contributed by atoms with E-state index in [9.17, 15) is 5.11 Å². The number of likely N-dealkylation sites (N-methyl/N-ethyl adjacent to an activating group) is 1. The summed E-state index contributed by atoms with van der Waals surface area (Å²) in [7, 11) is 2.23. The third-order valence-electron chi connectivity index (χ3n) is 4.97. The Balaban J connectivity index is 1.78. The third kappa shape index (κ3) is 3.69. The summed E-state index contributed by atoms with van der Waals surface area (Å²) in [6.45, 7) is 6.57. The maximum atomic E-state index is 10.4. The van der Waals surface area contributed by atoms with Crippen LogP contribution in [-0.4, -0.2) is 60.3 Å². The van der Waals surface area contributed by atoms with Crippen LogP contribution < -0.4 is 0 Å². The van der Waals surface area contributed by atoms with Crippen LogP contribution in [0.3, 0.4) is 0 Å². The van der Waals surface area contributed by atoms with Crippen LogP contribution >= 0.6 is 0 Å². The molecule has 1 heterocycles. The fourth-order valence-corrected chi connectivity index (χ4v) is 3.55. The largest absolute Gasteiger partial charge is 0.392 e. The van der Waals surface area contributed by atoms with Crippen molar-refractivity contribution in [2.75, 3.05) is 33.2 Å². The Morgan fingerprint density at radius 1 is 1.17 bits per heavy atom. The van der Waals surface area contributed by atoms with Crippen LogP contribution in [0.15, 0.2) is 0 Å². The van der Waals surface area contributed by atoms with Gasteiger partial charge in [0.15, 0.2) is 0 Å². The molecule has 0 radical (unpaired) electrons. The van der Waals surface area contributed by atoms with E-state index in [-0.39, 0.29) is 6.10 Å². The van der Waals surface area contributed by atoms with E-state index in [1.807, 2.05) is 0 Å². The standard InChI is InChI=1S/C15H30N2O/c1-3-14-11-17(10-9-16(14)2)12-15(18)13-7-5-4-6-8-13/h13-15,18H,3-12H2,1-2H3. The highest BCUT2D eigenvalue weighted by Crippen LogP contribution is 2.27. The molecule has 18 heavy (non-hydrogen) atoms. The predicted octanol–water partition coefficient (Wildman–Crippen LogP) is 1.95. The van der Waals surface area contributed by atoms with E-state index in [1.54, 1.807) is 0 Å². The molecule has 1 aliphatic carbocycles. The first-order valence-corrected chi connectivity index (χ1v) is 7.81. The lowest BCUT2D eigenvalue weighted by Crippen LogP contribution is -2.53. The summed E-state index contributed by atoms with van der Waals surface area (Å²) in [6.07, 6.45) is 7.62. The number of rotatable bonds is 4. The molecule has 3 nitrogen and oxygen atoms in total. The Hall–Kier alpha value is -0.120. The molecule has 0 aromatic rings. The zero-order chi connectivity index (χ0) is 13.0. The van der Waals surface area contributed by atoms with E-state index < -0.39 is 0 Å². The monoisotopic (exact) mass is 254 g/mol. The van der Waals surface area contributed by atoms with Gasteiger partial charge in [0.1, 0.15) is 0 Å². The molecule has 0 bridgehead atoms. The number of aliphatic hydroxyl groups is 1. The van der Waals surface area contributed by atoms with E-state index in [0.29, 0.717) is 12.0 Å². The molecule has 0 aromatic carbocycles. The van der Waals surface area contributed by atoms with Crippen molar-refractivity contribution in [1.82, 2.24) is 9.80 Å². The minimum absolute atomic E-state index is 0.0915. The molecule has 0 spiro atoms. The number of piperazine rings is 1. The molecular weight excluding hydrogens is 224 g/mol. The van der Waals surface area contributed by atoms with Crippen LogP contribution in [0.5, 0.6) is 0 Å². The van der Waals surface area contributed by atoms with Crippen LogP contribution in [-0.2, 0) is 0 Å². The van der Waals surface area contributed by atoms with Gasteiger partial charge < -0.3 is 10.0 Å². The van der Waals surface area contributed by atoms with Gasteiger partial charge in [-0.1, -0.05) is 26.2 Å². The first kappa shape index (κ1) is 14.3. The number of aliphatic hydroxyl groups excluding tert-OH is 1. The van der Waals surface area contributed by atoms with Gasteiger partial charge in [-0.25, -0.2) is 0 Å². The van der Waals surface area contributed by atoms with E-state index in [0.717, 1.165) is 26.2 Å². The summed E-state index contributed by atoms with van der Waals surface area (Å²) in [5.41, 5.74) is 0. The van der Waals surface area contributed by atoms with Crippen molar-refractivity contribution < 1.29 is 5.11 Å². The molecule has 106 valence electrons. The molecule has 0 amide bonds. The van der Waals surface area contributed by atoms with Crippen molar-refractivity contribution >= 4 is 0 Å². The van der Waals surface area contributed by atoms with Crippen molar-refractivity contribution in [3.05, 3.63) is 0 Å². The normalized spacial score (nSPS) is 30.5. The quantitative estimate of drug-likeness (QED) is 0.831. The van der Waals surface area contributed by atoms with E-state index in [4.69, 9.17) is 0 Å². The Kier molecular flexibility index (Phi) is 5.46. The van der Waals surface area contributed by atoms with Crippen LogP contribution in [0.2, 0.25) is 0 Å². The van der Waals surface area contributed by atoms with Gasteiger partial charge in [-0.3, -0.25) is 4.90 Å². The average Bonchev–Trinajstić information content (AvgIpc) is 2.42. The van der Waals surface area contributed by atoms with Gasteiger partial charge in [-0.15, -0.1) is 0 Å². The molecule has 2 aliphatic rings. The molecule has 1 saturated heterocycles. The number of hydrogen-bond donors (Lipinski definition) is 1. The molecule has 1 aliphatic heterocycles. The summed E-state index contributed by atoms with van der Waals surface area (Å²) in [5.74, 6) is 0.568. The lowest BCUT2D eigenvalue weighted by atomic mass is 9.85. The van der Waals surface area contributed by atoms with Crippen molar-refractivity contribution in [3.8, 4) is 0 Å². The molecular formula is C15H30N2O. The zero-order valence-corrected chi connectivity index (χ0v) is 12.1.